The summed E-state index contributed by atoms with van der Waals surface area (Å²) < 4.78 is 5.45. The number of urea groups is 1. The molecule has 0 bridgehead atoms. The second-order valence-corrected chi connectivity index (χ2v) is 4.68. The minimum Gasteiger partial charge on any atom is -0.494 e. The lowest BCUT2D eigenvalue weighted by molar-refractivity contribution is -0.143. The normalized spacial score (nSPS) is 14.7. The highest BCUT2D eigenvalue weighted by Gasteiger charge is 2.42. The summed E-state index contributed by atoms with van der Waals surface area (Å²) in [6.45, 7) is 2.19. The minimum atomic E-state index is -0.796. The van der Waals surface area contributed by atoms with E-state index in [-0.39, 0.29) is 19.7 Å². The van der Waals surface area contributed by atoms with Gasteiger partial charge in [-0.05, 0) is 25.5 Å². The van der Waals surface area contributed by atoms with E-state index in [1.807, 2.05) is 0 Å². The zero-order chi connectivity index (χ0) is 16.1. The first-order valence-corrected chi connectivity index (χ1v) is 6.93. The van der Waals surface area contributed by atoms with Crippen LogP contribution in [0.1, 0.15) is 23.7 Å². The maximum Gasteiger partial charge on any atom is 0.334 e. The molecule has 1 aliphatic rings. The van der Waals surface area contributed by atoms with Crippen molar-refractivity contribution >= 4 is 24.1 Å². The van der Waals surface area contributed by atoms with Crippen LogP contribution >= 0.6 is 0 Å². The quantitative estimate of drug-likeness (QED) is 0.326. The Hall–Kier alpha value is -2.70. The highest BCUT2D eigenvalue weighted by atomic mass is 16.5. The van der Waals surface area contributed by atoms with Gasteiger partial charge in [0.15, 0.2) is 0 Å². The fourth-order valence-corrected chi connectivity index (χ4v) is 2.12. The van der Waals surface area contributed by atoms with E-state index in [0.717, 1.165) is 16.1 Å². The van der Waals surface area contributed by atoms with E-state index in [9.17, 15) is 19.2 Å². The summed E-state index contributed by atoms with van der Waals surface area (Å²) >= 11 is 0. The number of rotatable bonds is 7. The van der Waals surface area contributed by atoms with Crippen LogP contribution in [-0.2, 0) is 9.59 Å². The molecule has 1 fully saturated rings. The number of nitrogens with zero attached hydrogens (tertiary/aromatic N) is 2. The van der Waals surface area contributed by atoms with Crippen LogP contribution in [0, 0.1) is 0 Å². The van der Waals surface area contributed by atoms with Crippen molar-refractivity contribution in [1.82, 2.24) is 9.80 Å². The third-order valence-corrected chi connectivity index (χ3v) is 3.24. The number of likely N-dealkylation sites (N-methyl/N-ethyl adjacent to an activating group) is 1. The molecule has 7 heteroatoms. The van der Waals surface area contributed by atoms with Crippen LogP contribution in [-0.4, -0.2) is 53.6 Å². The lowest BCUT2D eigenvalue weighted by Crippen LogP contribution is -2.34. The molecule has 7 nitrogen and oxygen atoms in total. The van der Waals surface area contributed by atoms with Crippen molar-refractivity contribution in [3.05, 3.63) is 29.8 Å². The molecule has 1 aromatic rings. The van der Waals surface area contributed by atoms with Crippen LogP contribution in [0.3, 0.4) is 0 Å². The molecule has 0 aliphatic carbocycles. The number of carbonyl (C=O) groups excluding carboxylic acids is 4. The fraction of sp³-hybridized carbons (Fsp3) is 0.333. The summed E-state index contributed by atoms with van der Waals surface area (Å²) in [5.74, 6) is -1.04. The third kappa shape index (κ3) is 3.13. The standard InChI is InChI=1S/C15H16N2O5/c1-2-16-13(19)14(20)17(15(16)21)7-4-8-22-12-6-3-5-11(9-12)10-18/h3,5-6,9-10H,2,4,7-8H2,1H3. The number of carbonyl (C=O) groups is 4. The Kier molecular flexibility index (Phi) is 4.88. The molecule has 1 aromatic carbocycles. The monoisotopic (exact) mass is 304 g/mol. The van der Waals surface area contributed by atoms with Gasteiger partial charge in [0.25, 0.3) is 0 Å². The highest BCUT2D eigenvalue weighted by Crippen LogP contribution is 2.14. The molecule has 0 atom stereocenters. The molecule has 0 aromatic heterocycles. The number of hydrogen-bond donors (Lipinski definition) is 0. The van der Waals surface area contributed by atoms with E-state index in [4.69, 9.17) is 4.74 Å². The van der Waals surface area contributed by atoms with E-state index < -0.39 is 17.8 Å². The topological polar surface area (TPSA) is 84.0 Å². The molecule has 2 rings (SSSR count). The molecule has 0 radical (unpaired) electrons. The lowest BCUT2D eigenvalue weighted by atomic mass is 10.2. The molecular weight excluding hydrogens is 288 g/mol. The first kappa shape index (κ1) is 15.7. The number of ether oxygens (including phenoxy) is 1. The van der Waals surface area contributed by atoms with Crippen molar-refractivity contribution in [3.63, 3.8) is 0 Å². The predicted molar refractivity (Wildman–Crippen MR) is 76.4 cm³/mol. The average molecular weight is 304 g/mol. The van der Waals surface area contributed by atoms with Crippen LogP contribution in [0.25, 0.3) is 0 Å². The molecule has 22 heavy (non-hydrogen) atoms. The summed E-state index contributed by atoms with van der Waals surface area (Å²) in [6, 6.07) is 6.08. The molecule has 1 heterocycles. The number of benzene rings is 1. The van der Waals surface area contributed by atoms with Crippen molar-refractivity contribution in [1.29, 1.82) is 0 Å². The van der Waals surface area contributed by atoms with Gasteiger partial charge in [0, 0.05) is 18.7 Å². The van der Waals surface area contributed by atoms with Gasteiger partial charge in [-0.15, -0.1) is 0 Å². The fourth-order valence-electron chi connectivity index (χ4n) is 2.12. The van der Waals surface area contributed by atoms with Gasteiger partial charge in [-0.3, -0.25) is 24.2 Å². The second-order valence-electron chi connectivity index (χ2n) is 4.68. The summed E-state index contributed by atoms with van der Waals surface area (Å²) in [6.07, 6.45) is 1.12. The predicted octanol–water partition coefficient (Wildman–Crippen LogP) is 1.08. The van der Waals surface area contributed by atoms with Gasteiger partial charge in [-0.2, -0.15) is 0 Å². The van der Waals surface area contributed by atoms with Crippen LogP contribution in [0.5, 0.6) is 5.75 Å². The number of aldehydes is 1. The minimum absolute atomic E-state index is 0.118. The molecule has 1 aliphatic heterocycles. The molecule has 4 amide bonds. The molecule has 0 unspecified atom stereocenters. The highest BCUT2D eigenvalue weighted by molar-refractivity contribution is 6.44. The van der Waals surface area contributed by atoms with Crippen LogP contribution in [0.4, 0.5) is 4.79 Å². The van der Waals surface area contributed by atoms with E-state index in [0.29, 0.717) is 17.7 Å². The van der Waals surface area contributed by atoms with Gasteiger partial charge >= 0.3 is 17.8 Å². The SMILES string of the molecule is CCN1C(=O)C(=O)N(CCCOc2cccc(C=O)c2)C1=O. The number of imide groups is 2. The summed E-state index contributed by atoms with van der Waals surface area (Å²) in [4.78, 5) is 47.5. The average Bonchev–Trinajstić information content (AvgIpc) is 2.74. The van der Waals surface area contributed by atoms with Gasteiger partial charge < -0.3 is 4.74 Å². The van der Waals surface area contributed by atoms with Crippen molar-refractivity contribution in [3.8, 4) is 5.75 Å². The first-order valence-electron chi connectivity index (χ1n) is 6.93. The Morgan fingerprint density at radius 2 is 1.86 bits per heavy atom. The van der Waals surface area contributed by atoms with Crippen molar-refractivity contribution in [2.75, 3.05) is 19.7 Å². The summed E-state index contributed by atoms with van der Waals surface area (Å²) in [7, 11) is 0. The van der Waals surface area contributed by atoms with Crippen molar-refractivity contribution in [2.45, 2.75) is 13.3 Å². The number of hydrogen-bond acceptors (Lipinski definition) is 5. The molecule has 1 saturated heterocycles. The molecular formula is C15H16N2O5. The Morgan fingerprint density at radius 3 is 2.50 bits per heavy atom. The van der Waals surface area contributed by atoms with E-state index in [2.05, 4.69) is 0 Å². The van der Waals surface area contributed by atoms with E-state index in [1.54, 1.807) is 31.2 Å². The molecule has 0 spiro atoms. The Morgan fingerprint density at radius 1 is 1.14 bits per heavy atom. The second kappa shape index (κ2) is 6.84. The van der Waals surface area contributed by atoms with Crippen LogP contribution < -0.4 is 4.74 Å². The number of amides is 4. The van der Waals surface area contributed by atoms with Crippen molar-refractivity contribution in [2.24, 2.45) is 0 Å². The largest absolute Gasteiger partial charge is 0.494 e. The van der Waals surface area contributed by atoms with Crippen molar-refractivity contribution < 1.29 is 23.9 Å². The molecule has 0 saturated carbocycles. The van der Waals surface area contributed by atoms with E-state index in [1.165, 1.54) is 0 Å². The van der Waals surface area contributed by atoms with E-state index >= 15 is 0 Å². The zero-order valence-electron chi connectivity index (χ0n) is 12.2. The Labute approximate surface area is 127 Å². The lowest BCUT2D eigenvalue weighted by Gasteiger charge is -2.14. The van der Waals surface area contributed by atoms with Gasteiger partial charge in [-0.1, -0.05) is 12.1 Å². The van der Waals surface area contributed by atoms with Crippen LogP contribution in [0.2, 0.25) is 0 Å². The molecule has 0 N–H and O–H groups in total. The van der Waals surface area contributed by atoms with Gasteiger partial charge in [0.2, 0.25) is 0 Å². The summed E-state index contributed by atoms with van der Waals surface area (Å²) in [5.41, 5.74) is 0.506. The first-order chi connectivity index (χ1) is 10.6. The van der Waals surface area contributed by atoms with Gasteiger partial charge in [0.1, 0.15) is 12.0 Å². The maximum absolute atomic E-state index is 11.8. The maximum atomic E-state index is 11.8. The van der Waals surface area contributed by atoms with Gasteiger partial charge in [-0.25, -0.2) is 4.79 Å². The Bertz CT molecular complexity index is 614. The zero-order valence-corrected chi connectivity index (χ0v) is 12.2. The smallest absolute Gasteiger partial charge is 0.334 e. The van der Waals surface area contributed by atoms with Gasteiger partial charge in [0.05, 0.1) is 6.61 Å². The van der Waals surface area contributed by atoms with Crippen LogP contribution in [0.15, 0.2) is 24.3 Å². The third-order valence-electron chi connectivity index (χ3n) is 3.24. The molecule has 116 valence electrons. The Balaban J connectivity index is 1.84. The summed E-state index contributed by atoms with van der Waals surface area (Å²) in [5, 5.41) is 0.